The van der Waals surface area contributed by atoms with Gasteiger partial charge in [-0.2, -0.15) is 0 Å². The average Bonchev–Trinajstić information content (AvgIpc) is 2.58. The summed E-state index contributed by atoms with van der Waals surface area (Å²) in [5.41, 5.74) is 0.907. The zero-order chi connectivity index (χ0) is 19.4. The molecular formula is C22H32N2O3. The molecule has 27 heavy (non-hydrogen) atoms. The first kappa shape index (κ1) is 19.7. The van der Waals surface area contributed by atoms with E-state index in [0.717, 1.165) is 24.1 Å². The highest BCUT2D eigenvalue weighted by Gasteiger charge is 2.40. The highest BCUT2D eigenvalue weighted by atomic mass is 16.5. The van der Waals surface area contributed by atoms with Gasteiger partial charge in [0.2, 0.25) is 5.91 Å². The number of aryl methyl sites for hydroxylation is 1. The smallest absolute Gasteiger partial charge is 0.270 e. The maximum atomic E-state index is 12.9. The quantitative estimate of drug-likeness (QED) is 0.865. The van der Waals surface area contributed by atoms with Crippen LogP contribution in [0.15, 0.2) is 18.2 Å². The third kappa shape index (κ3) is 4.82. The van der Waals surface area contributed by atoms with E-state index in [4.69, 9.17) is 4.74 Å². The molecule has 5 heteroatoms. The van der Waals surface area contributed by atoms with Crippen LogP contribution in [0.1, 0.15) is 70.8 Å². The average molecular weight is 373 g/mol. The summed E-state index contributed by atoms with van der Waals surface area (Å²) in [6, 6.07) is 6.11. The Morgan fingerprint density at radius 1 is 1.19 bits per heavy atom. The lowest BCUT2D eigenvalue weighted by molar-refractivity contribution is -0.132. The summed E-state index contributed by atoms with van der Waals surface area (Å²) in [6.07, 6.45) is 8.66. The van der Waals surface area contributed by atoms with Crippen molar-refractivity contribution in [1.29, 1.82) is 0 Å². The van der Waals surface area contributed by atoms with E-state index in [-0.39, 0.29) is 17.9 Å². The molecule has 1 aliphatic carbocycles. The van der Waals surface area contributed by atoms with Gasteiger partial charge < -0.3 is 15.0 Å². The van der Waals surface area contributed by atoms with E-state index in [0.29, 0.717) is 18.7 Å². The molecule has 1 fully saturated rings. The first-order valence-electron chi connectivity index (χ1n) is 10.3. The van der Waals surface area contributed by atoms with Gasteiger partial charge in [-0.3, -0.25) is 9.59 Å². The second-order valence-electron chi connectivity index (χ2n) is 8.40. The third-order valence-corrected chi connectivity index (χ3v) is 5.56. The van der Waals surface area contributed by atoms with Gasteiger partial charge in [0.25, 0.3) is 5.91 Å². The summed E-state index contributed by atoms with van der Waals surface area (Å²) in [6.45, 7) is 5.92. The van der Waals surface area contributed by atoms with Crippen molar-refractivity contribution in [3.63, 3.8) is 0 Å². The number of fused-ring (bicyclic) bond motifs is 1. The fourth-order valence-corrected chi connectivity index (χ4v) is 4.01. The van der Waals surface area contributed by atoms with Crippen molar-refractivity contribution in [3.8, 4) is 5.75 Å². The Morgan fingerprint density at radius 3 is 2.56 bits per heavy atom. The molecule has 0 aromatic heterocycles. The van der Waals surface area contributed by atoms with Crippen LogP contribution >= 0.6 is 0 Å². The molecule has 0 unspecified atom stereocenters. The van der Waals surface area contributed by atoms with Gasteiger partial charge in [-0.25, -0.2) is 0 Å². The number of hydrogen-bond acceptors (Lipinski definition) is 3. The topological polar surface area (TPSA) is 58.6 Å². The molecule has 1 saturated carbocycles. The lowest BCUT2D eigenvalue weighted by Crippen LogP contribution is -2.53. The number of amides is 2. The number of anilines is 1. The zero-order valence-electron chi connectivity index (χ0n) is 16.8. The van der Waals surface area contributed by atoms with Crippen LogP contribution in [-0.2, 0) is 9.59 Å². The van der Waals surface area contributed by atoms with Crippen molar-refractivity contribution in [2.24, 2.45) is 0 Å². The maximum absolute atomic E-state index is 12.9. The summed E-state index contributed by atoms with van der Waals surface area (Å²) < 4.78 is 5.88. The number of rotatable bonds is 4. The van der Waals surface area contributed by atoms with Crippen molar-refractivity contribution in [1.82, 2.24) is 5.32 Å². The second kappa shape index (κ2) is 8.32. The van der Waals surface area contributed by atoms with Gasteiger partial charge in [0, 0.05) is 19.0 Å². The lowest BCUT2D eigenvalue weighted by Gasteiger charge is -2.39. The Bertz CT molecular complexity index is 691. The normalized spacial score (nSPS) is 20.3. The van der Waals surface area contributed by atoms with Crippen LogP contribution in [0.5, 0.6) is 5.75 Å². The third-order valence-electron chi connectivity index (χ3n) is 5.56. The monoisotopic (exact) mass is 372 g/mol. The Labute approximate surface area is 162 Å². The molecule has 5 nitrogen and oxygen atoms in total. The number of carbonyl (C=O) groups excluding carboxylic acids is 2. The van der Waals surface area contributed by atoms with Crippen LogP contribution in [0, 0.1) is 6.92 Å². The number of nitrogens with zero attached hydrogens (tertiary/aromatic N) is 1. The fourth-order valence-electron chi connectivity index (χ4n) is 4.01. The van der Waals surface area contributed by atoms with Gasteiger partial charge in [-0.05, 0) is 51.3 Å². The number of hydrogen-bond donors (Lipinski definition) is 1. The molecule has 1 heterocycles. The summed E-state index contributed by atoms with van der Waals surface area (Å²) in [7, 11) is 0. The minimum atomic E-state index is -0.918. The molecule has 3 rings (SSSR count). The standard InChI is InChI=1S/C22H32N2O3/c1-16-11-12-19-18(15-16)24(21(26)22(2,3)27-19)14-13-20(25)23-17-9-7-5-4-6-8-10-17/h11-12,15,17H,4-10,13-14H2,1-3H3,(H,23,25). The van der Waals surface area contributed by atoms with E-state index in [1.165, 1.54) is 32.1 Å². The Hall–Kier alpha value is -2.04. The largest absolute Gasteiger partial charge is 0.476 e. The predicted octanol–water partition coefficient (Wildman–Crippen LogP) is 4.12. The van der Waals surface area contributed by atoms with E-state index in [1.54, 1.807) is 18.7 Å². The van der Waals surface area contributed by atoms with Crippen molar-refractivity contribution in [3.05, 3.63) is 23.8 Å². The van der Waals surface area contributed by atoms with Crippen LogP contribution in [0.25, 0.3) is 0 Å². The first-order chi connectivity index (χ1) is 12.9. The Kier molecular flexibility index (Phi) is 6.08. The van der Waals surface area contributed by atoms with Crippen molar-refractivity contribution in [2.45, 2.75) is 83.8 Å². The second-order valence-corrected chi connectivity index (χ2v) is 8.40. The molecule has 1 aromatic rings. The van der Waals surface area contributed by atoms with Crippen LogP contribution in [-0.4, -0.2) is 30.0 Å². The summed E-state index contributed by atoms with van der Waals surface area (Å²) in [4.78, 5) is 27.1. The van der Waals surface area contributed by atoms with E-state index in [1.807, 2.05) is 25.1 Å². The minimum Gasteiger partial charge on any atom is -0.476 e. The van der Waals surface area contributed by atoms with Gasteiger partial charge in [-0.15, -0.1) is 0 Å². The van der Waals surface area contributed by atoms with Crippen LogP contribution in [0.3, 0.4) is 0 Å². The summed E-state index contributed by atoms with van der Waals surface area (Å²) >= 11 is 0. The Morgan fingerprint density at radius 2 is 1.85 bits per heavy atom. The molecule has 1 aliphatic heterocycles. The molecule has 2 amide bonds. The molecule has 0 bridgehead atoms. The van der Waals surface area contributed by atoms with Gasteiger partial charge in [0.1, 0.15) is 5.75 Å². The van der Waals surface area contributed by atoms with E-state index in [9.17, 15) is 9.59 Å². The highest BCUT2D eigenvalue weighted by molar-refractivity contribution is 6.02. The highest BCUT2D eigenvalue weighted by Crippen LogP contribution is 2.38. The van der Waals surface area contributed by atoms with E-state index in [2.05, 4.69) is 5.32 Å². The first-order valence-corrected chi connectivity index (χ1v) is 10.3. The van der Waals surface area contributed by atoms with Crippen LogP contribution in [0.4, 0.5) is 5.69 Å². The lowest BCUT2D eigenvalue weighted by atomic mass is 9.96. The summed E-state index contributed by atoms with van der Waals surface area (Å²) in [5, 5.41) is 3.19. The van der Waals surface area contributed by atoms with Crippen LogP contribution in [0.2, 0.25) is 0 Å². The molecule has 0 radical (unpaired) electrons. The van der Waals surface area contributed by atoms with Gasteiger partial charge in [-0.1, -0.05) is 38.2 Å². The number of ether oxygens (including phenoxy) is 1. The van der Waals surface area contributed by atoms with E-state index < -0.39 is 5.60 Å². The molecule has 2 aliphatic rings. The summed E-state index contributed by atoms with van der Waals surface area (Å²) in [5.74, 6) is 0.636. The van der Waals surface area contributed by atoms with Crippen molar-refractivity contribution >= 4 is 17.5 Å². The minimum absolute atomic E-state index is 0.0341. The number of benzene rings is 1. The molecular weight excluding hydrogens is 340 g/mol. The number of carbonyl (C=O) groups is 2. The molecule has 1 aromatic carbocycles. The van der Waals surface area contributed by atoms with E-state index >= 15 is 0 Å². The van der Waals surface area contributed by atoms with Gasteiger partial charge in [0.05, 0.1) is 5.69 Å². The van der Waals surface area contributed by atoms with Gasteiger partial charge in [0.15, 0.2) is 5.60 Å². The van der Waals surface area contributed by atoms with Crippen molar-refractivity contribution < 1.29 is 14.3 Å². The zero-order valence-corrected chi connectivity index (χ0v) is 16.8. The van der Waals surface area contributed by atoms with Gasteiger partial charge >= 0.3 is 0 Å². The fraction of sp³-hybridized carbons (Fsp3) is 0.636. The van der Waals surface area contributed by atoms with Crippen LogP contribution < -0.4 is 15.0 Å². The van der Waals surface area contributed by atoms with Crippen molar-refractivity contribution in [2.75, 3.05) is 11.4 Å². The molecule has 148 valence electrons. The molecule has 0 saturated heterocycles. The maximum Gasteiger partial charge on any atom is 0.270 e. The molecule has 1 N–H and O–H groups in total. The SMILES string of the molecule is Cc1ccc2c(c1)N(CCC(=O)NC1CCCCCCC1)C(=O)C(C)(C)O2. The Balaban J connectivity index is 1.64. The molecule has 0 spiro atoms. The molecule has 0 atom stereocenters. The number of nitrogens with one attached hydrogen (secondary N) is 1. The predicted molar refractivity (Wildman–Crippen MR) is 107 cm³/mol.